The average Bonchev–Trinajstić information content (AvgIpc) is 2.82. The molecule has 0 radical (unpaired) electrons. The molecular weight excluding hydrogens is 290 g/mol. The largest absolute Gasteiger partial charge is 0.353 e. The van der Waals surface area contributed by atoms with Gasteiger partial charge >= 0.3 is 0 Å². The molecule has 0 aliphatic carbocycles. The first-order valence-electron chi connectivity index (χ1n) is 8.14. The van der Waals surface area contributed by atoms with E-state index in [1.54, 1.807) is 7.05 Å². The monoisotopic (exact) mass is 319 g/mol. The van der Waals surface area contributed by atoms with Crippen LogP contribution in [0.25, 0.3) is 0 Å². The van der Waals surface area contributed by atoms with Crippen molar-refractivity contribution >= 4 is 11.9 Å². The van der Waals surface area contributed by atoms with Gasteiger partial charge in [-0.1, -0.05) is 0 Å². The van der Waals surface area contributed by atoms with Gasteiger partial charge in [0.05, 0.1) is 18.6 Å². The van der Waals surface area contributed by atoms with E-state index in [1.807, 2.05) is 29.1 Å². The van der Waals surface area contributed by atoms with Gasteiger partial charge in [0.25, 0.3) is 0 Å². The van der Waals surface area contributed by atoms with Crippen molar-refractivity contribution in [2.45, 2.75) is 45.8 Å². The summed E-state index contributed by atoms with van der Waals surface area (Å²) < 4.78 is 2.08. The van der Waals surface area contributed by atoms with E-state index < -0.39 is 0 Å². The SMILES string of the molecule is CN=C(NCc1cccn1C)N1CC(=O)N(C(C)C)C(C)(C)C1. The first kappa shape index (κ1) is 17.4. The van der Waals surface area contributed by atoms with Crippen LogP contribution in [0.4, 0.5) is 0 Å². The van der Waals surface area contributed by atoms with Gasteiger partial charge in [-0.3, -0.25) is 9.79 Å². The molecule has 2 heterocycles. The number of nitrogens with zero attached hydrogens (tertiary/aromatic N) is 4. The normalized spacial score (nSPS) is 18.7. The molecule has 1 saturated heterocycles. The second kappa shape index (κ2) is 6.64. The summed E-state index contributed by atoms with van der Waals surface area (Å²) in [6.07, 6.45) is 2.02. The van der Waals surface area contributed by atoms with Crippen molar-refractivity contribution in [3.63, 3.8) is 0 Å². The van der Waals surface area contributed by atoms with Crippen LogP contribution in [0.5, 0.6) is 0 Å². The topological polar surface area (TPSA) is 52.9 Å². The third kappa shape index (κ3) is 3.68. The third-order valence-corrected chi connectivity index (χ3v) is 4.33. The molecule has 128 valence electrons. The highest BCUT2D eigenvalue weighted by Gasteiger charge is 2.40. The van der Waals surface area contributed by atoms with Crippen LogP contribution in [0.2, 0.25) is 0 Å². The number of carbonyl (C=O) groups is 1. The molecule has 1 aliphatic heterocycles. The number of rotatable bonds is 3. The summed E-state index contributed by atoms with van der Waals surface area (Å²) >= 11 is 0. The predicted molar refractivity (Wildman–Crippen MR) is 93.2 cm³/mol. The lowest BCUT2D eigenvalue weighted by Crippen LogP contribution is -2.66. The fraction of sp³-hybridized carbons (Fsp3) is 0.647. The Balaban J connectivity index is 2.08. The molecule has 1 fully saturated rings. The van der Waals surface area contributed by atoms with Crippen LogP contribution in [-0.2, 0) is 18.4 Å². The molecule has 0 spiro atoms. The van der Waals surface area contributed by atoms with Gasteiger partial charge in [0.1, 0.15) is 0 Å². The van der Waals surface area contributed by atoms with Crippen LogP contribution in [0, 0.1) is 0 Å². The Morgan fingerprint density at radius 3 is 2.61 bits per heavy atom. The minimum atomic E-state index is -0.216. The summed E-state index contributed by atoms with van der Waals surface area (Å²) in [7, 11) is 3.79. The maximum absolute atomic E-state index is 12.6. The van der Waals surface area contributed by atoms with Crippen molar-refractivity contribution in [1.82, 2.24) is 19.7 Å². The number of hydrogen-bond acceptors (Lipinski definition) is 2. The minimum absolute atomic E-state index is 0.151. The highest BCUT2D eigenvalue weighted by atomic mass is 16.2. The Kier molecular flexibility index (Phi) is 5.02. The van der Waals surface area contributed by atoms with Crippen LogP contribution in [-0.4, -0.2) is 58.0 Å². The van der Waals surface area contributed by atoms with Crippen LogP contribution >= 0.6 is 0 Å². The van der Waals surface area contributed by atoms with Gasteiger partial charge in [-0.2, -0.15) is 0 Å². The molecule has 1 aromatic rings. The average molecular weight is 319 g/mol. The van der Waals surface area contributed by atoms with Crippen molar-refractivity contribution in [2.75, 3.05) is 20.1 Å². The van der Waals surface area contributed by atoms with Gasteiger partial charge in [0.15, 0.2) is 5.96 Å². The first-order chi connectivity index (χ1) is 10.8. The molecule has 2 rings (SSSR count). The molecule has 0 bridgehead atoms. The Morgan fingerprint density at radius 1 is 1.43 bits per heavy atom. The predicted octanol–water partition coefficient (Wildman–Crippen LogP) is 1.43. The summed E-state index contributed by atoms with van der Waals surface area (Å²) in [5.74, 6) is 0.925. The van der Waals surface area contributed by atoms with Crippen LogP contribution in [0.3, 0.4) is 0 Å². The first-order valence-corrected chi connectivity index (χ1v) is 8.14. The second-order valence-electron chi connectivity index (χ2n) is 7.04. The van der Waals surface area contributed by atoms with Gasteiger partial charge in [-0.15, -0.1) is 0 Å². The zero-order chi connectivity index (χ0) is 17.2. The van der Waals surface area contributed by atoms with Gasteiger partial charge in [-0.25, -0.2) is 0 Å². The lowest BCUT2D eigenvalue weighted by atomic mass is 9.96. The Labute approximate surface area is 139 Å². The van der Waals surface area contributed by atoms with E-state index >= 15 is 0 Å². The van der Waals surface area contributed by atoms with E-state index in [4.69, 9.17) is 0 Å². The summed E-state index contributed by atoms with van der Waals surface area (Å²) in [5, 5.41) is 3.37. The molecule has 0 atom stereocenters. The molecule has 1 aliphatic rings. The number of guanidine groups is 1. The number of aromatic nitrogens is 1. The molecule has 1 N–H and O–H groups in total. The number of hydrogen-bond donors (Lipinski definition) is 1. The van der Waals surface area contributed by atoms with E-state index in [0.717, 1.165) is 12.5 Å². The third-order valence-electron chi connectivity index (χ3n) is 4.33. The standard InChI is InChI=1S/C17H29N5O/c1-13(2)22-15(23)11-21(12-17(22,3)4)16(18-5)19-10-14-8-7-9-20(14)6/h7-9,13H,10-12H2,1-6H3,(H,18,19). The van der Waals surface area contributed by atoms with Gasteiger partial charge in [-0.05, 0) is 39.8 Å². The highest BCUT2D eigenvalue weighted by molar-refractivity contribution is 5.88. The fourth-order valence-electron chi connectivity index (χ4n) is 3.49. The van der Waals surface area contributed by atoms with Crippen LogP contribution in [0.1, 0.15) is 33.4 Å². The van der Waals surface area contributed by atoms with E-state index in [-0.39, 0.29) is 17.5 Å². The number of nitrogens with one attached hydrogen (secondary N) is 1. The highest BCUT2D eigenvalue weighted by Crippen LogP contribution is 2.24. The molecule has 0 saturated carbocycles. The number of carbonyl (C=O) groups excluding carboxylic acids is 1. The number of aliphatic imine (C=N–C) groups is 1. The van der Waals surface area contributed by atoms with Gasteiger partial charge in [0, 0.05) is 38.6 Å². The summed E-state index contributed by atoms with van der Waals surface area (Å²) in [6.45, 7) is 10.2. The van der Waals surface area contributed by atoms with Crippen LogP contribution < -0.4 is 5.32 Å². The molecular formula is C17H29N5O. The van der Waals surface area contributed by atoms with Crippen LogP contribution in [0.15, 0.2) is 23.3 Å². The van der Waals surface area contributed by atoms with E-state index in [9.17, 15) is 4.79 Å². The smallest absolute Gasteiger partial charge is 0.242 e. The van der Waals surface area contributed by atoms with Gasteiger partial charge < -0.3 is 19.7 Å². The molecule has 0 unspecified atom stereocenters. The number of piperazine rings is 1. The Hall–Kier alpha value is -1.98. The lowest BCUT2D eigenvalue weighted by Gasteiger charge is -2.49. The van der Waals surface area contributed by atoms with E-state index in [2.05, 4.69) is 48.6 Å². The van der Waals surface area contributed by atoms with Crippen molar-refractivity contribution in [1.29, 1.82) is 0 Å². The van der Waals surface area contributed by atoms with Gasteiger partial charge in [0.2, 0.25) is 5.91 Å². The van der Waals surface area contributed by atoms with Crippen molar-refractivity contribution < 1.29 is 4.79 Å². The van der Waals surface area contributed by atoms with Crippen molar-refractivity contribution in [3.05, 3.63) is 24.0 Å². The van der Waals surface area contributed by atoms with Crippen molar-refractivity contribution in [3.8, 4) is 0 Å². The molecule has 6 heteroatoms. The second-order valence-corrected chi connectivity index (χ2v) is 7.04. The van der Waals surface area contributed by atoms with E-state index in [0.29, 0.717) is 13.1 Å². The Morgan fingerprint density at radius 2 is 2.13 bits per heavy atom. The fourth-order valence-corrected chi connectivity index (χ4v) is 3.49. The van der Waals surface area contributed by atoms with E-state index in [1.165, 1.54) is 5.69 Å². The number of aryl methyl sites for hydroxylation is 1. The molecule has 1 aromatic heterocycles. The summed E-state index contributed by atoms with van der Waals surface area (Å²) in [6, 6.07) is 4.30. The minimum Gasteiger partial charge on any atom is -0.353 e. The molecule has 0 aromatic carbocycles. The quantitative estimate of drug-likeness (QED) is 0.677. The van der Waals surface area contributed by atoms with Crippen molar-refractivity contribution in [2.24, 2.45) is 12.0 Å². The molecule has 6 nitrogen and oxygen atoms in total. The lowest BCUT2D eigenvalue weighted by molar-refractivity contribution is -0.145. The summed E-state index contributed by atoms with van der Waals surface area (Å²) in [5.41, 5.74) is 0.962. The zero-order valence-electron chi connectivity index (χ0n) is 15.1. The Bertz CT molecular complexity index is 588. The number of amides is 1. The maximum atomic E-state index is 12.6. The summed E-state index contributed by atoms with van der Waals surface area (Å²) in [4.78, 5) is 21.0. The molecule has 23 heavy (non-hydrogen) atoms. The maximum Gasteiger partial charge on any atom is 0.242 e. The zero-order valence-corrected chi connectivity index (χ0v) is 15.1. The molecule has 1 amide bonds.